The van der Waals surface area contributed by atoms with E-state index in [9.17, 15) is 0 Å². The number of rotatable bonds is 0. The van der Waals surface area contributed by atoms with Crippen molar-refractivity contribution in [1.82, 2.24) is 0 Å². The van der Waals surface area contributed by atoms with E-state index >= 15 is 0 Å². The number of pyridine rings is 1. The van der Waals surface area contributed by atoms with Gasteiger partial charge in [-0.3, -0.25) is 0 Å². The van der Waals surface area contributed by atoms with Crippen LogP contribution >= 0.6 is 0 Å². The van der Waals surface area contributed by atoms with Gasteiger partial charge in [0.2, 0.25) is 11.2 Å². The fourth-order valence-electron chi connectivity index (χ4n) is 6.38. The maximum Gasteiger partial charge on any atom is 0.214 e. The van der Waals surface area contributed by atoms with Crippen LogP contribution in [0.15, 0.2) is 91.0 Å². The number of aromatic nitrogens is 1. The summed E-state index contributed by atoms with van der Waals surface area (Å²) in [5.41, 5.74) is 8.07. The molecule has 162 valence electrons. The van der Waals surface area contributed by atoms with Crippen molar-refractivity contribution in [2.24, 2.45) is 0 Å². The Kier molecular flexibility index (Phi) is 3.27. The van der Waals surface area contributed by atoms with E-state index in [1.807, 2.05) is 6.07 Å². The summed E-state index contributed by atoms with van der Waals surface area (Å²) in [7, 11) is 0. The molecule has 0 saturated heterocycles. The molecular formula is C31H22NO2+. The summed E-state index contributed by atoms with van der Waals surface area (Å²) < 4.78 is 15.8. The highest BCUT2D eigenvalue weighted by Gasteiger charge is 2.51. The first kappa shape index (κ1) is 18.3. The van der Waals surface area contributed by atoms with Crippen molar-refractivity contribution in [2.75, 3.05) is 0 Å². The summed E-state index contributed by atoms with van der Waals surface area (Å²) in [5.74, 6) is 3.78. The molecule has 3 aliphatic rings. The van der Waals surface area contributed by atoms with Crippen LogP contribution in [0.3, 0.4) is 0 Å². The lowest BCUT2D eigenvalue weighted by molar-refractivity contribution is -0.707. The molecule has 0 bridgehead atoms. The second kappa shape index (κ2) is 6.06. The molecule has 3 nitrogen and oxygen atoms in total. The first-order valence-electron chi connectivity index (χ1n) is 11.8. The largest absolute Gasteiger partial charge is 0.457 e. The van der Waals surface area contributed by atoms with Gasteiger partial charge in [-0.15, -0.1) is 0 Å². The van der Waals surface area contributed by atoms with Crippen LogP contribution in [-0.4, -0.2) is 0 Å². The highest BCUT2D eigenvalue weighted by molar-refractivity contribution is 5.83. The van der Waals surface area contributed by atoms with Crippen molar-refractivity contribution in [1.29, 1.82) is 0 Å². The Bertz CT molecular complexity index is 1690. The summed E-state index contributed by atoms with van der Waals surface area (Å²) in [6.45, 7) is 4.60. The lowest BCUT2D eigenvalue weighted by Gasteiger charge is -2.36. The predicted octanol–water partition coefficient (Wildman–Crippen LogP) is 7.28. The van der Waals surface area contributed by atoms with E-state index in [-0.39, 0.29) is 11.5 Å². The lowest BCUT2D eigenvalue weighted by atomic mass is 9.77. The van der Waals surface area contributed by atoms with Gasteiger partial charge in [0.1, 0.15) is 23.0 Å². The fraction of sp³-hybridized carbons (Fsp3) is 0.129. The van der Waals surface area contributed by atoms with Crippen molar-refractivity contribution >= 4 is 10.9 Å². The highest BCUT2D eigenvalue weighted by Crippen LogP contribution is 2.60. The topological polar surface area (TPSA) is 22.3 Å². The van der Waals surface area contributed by atoms with Gasteiger partial charge < -0.3 is 9.47 Å². The zero-order chi connectivity index (χ0) is 22.6. The SMILES string of the molecule is CC1(C)c2c(cc3c4c2Oc2ccccc2C4c2ccccc2O3)-c2ccc3ccccc3[n+]21. The summed E-state index contributed by atoms with van der Waals surface area (Å²) in [4.78, 5) is 0. The van der Waals surface area contributed by atoms with Crippen molar-refractivity contribution in [3.63, 3.8) is 0 Å². The zero-order valence-corrected chi connectivity index (χ0v) is 19.0. The number of fused-ring (bicyclic) bond motifs is 10. The second-order valence-corrected chi connectivity index (χ2v) is 9.92. The predicted molar refractivity (Wildman–Crippen MR) is 132 cm³/mol. The van der Waals surface area contributed by atoms with Gasteiger partial charge in [-0.1, -0.05) is 48.5 Å². The molecule has 4 aromatic carbocycles. The molecule has 4 heterocycles. The number of para-hydroxylation sites is 3. The van der Waals surface area contributed by atoms with Crippen LogP contribution in [-0.2, 0) is 5.54 Å². The van der Waals surface area contributed by atoms with Gasteiger partial charge in [-0.25, -0.2) is 0 Å². The monoisotopic (exact) mass is 440 g/mol. The molecule has 0 amide bonds. The van der Waals surface area contributed by atoms with Crippen LogP contribution < -0.4 is 14.0 Å². The first-order valence-corrected chi connectivity index (χ1v) is 11.8. The summed E-state index contributed by atoms with van der Waals surface area (Å²) in [5, 5.41) is 1.23. The van der Waals surface area contributed by atoms with Crippen LogP contribution in [0.25, 0.3) is 22.2 Å². The Morgan fingerprint density at radius 3 is 2.18 bits per heavy atom. The molecule has 0 N–H and O–H groups in total. The van der Waals surface area contributed by atoms with Crippen molar-refractivity contribution in [3.05, 3.63) is 113 Å². The Morgan fingerprint density at radius 1 is 0.706 bits per heavy atom. The van der Waals surface area contributed by atoms with Gasteiger partial charge in [0.25, 0.3) is 0 Å². The van der Waals surface area contributed by atoms with Gasteiger partial charge in [0.05, 0.1) is 16.7 Å². The molecule has 0 fully saturated rings. The molecule has 34 heavy (non-hydrogen) atoms. The second-order valence-electron chi connectivity index (χ2n) is 9.92. The Labute approximate surface area is 197 Å². The minimum Gasteiger partial charge on any atom is -0.457 e. The molecule has 0 spiro atoms. The van der Waals surface area contributed by atoms with Crippen molar-refractivity contribution < 1.29 is 14.0 Å². The van der Waals surface area contributed by atoms with Gasteiger partial charge in [-0.05, 0) is 30.3 Å². The fourth-order valence-corrected chi connectivity index (χ4v) is 6.38. The van der Waals surface area contributed by atoms with Crippen molar-refractivity contribution in [3.8, 4) is 34.3 Å². The number of hydrogen-bond acceptors (Lipinski definition) is 2. The van der Waals surface area contributed by atoms with Gasteiger partial charge in [-0.2, -0.15) is 4.57 Å². The molecule has 1 unspecified atom stereocenters. The average molecular weight is 441 g/mol. The first-order chi connectivity index (χ1) is 16.6. The van der Waals surface area contributed by atoms with Crippen LogP contribution in [0.1, 0.15) is 42.0 Å². The average Bonchev–Trinajstić information content (AvgIpc) is 3.10. The molecule has 3 heteroatoms. The van der Waals surface area contributed by atoms with Crippen molar-refractivity contribution in [2.45, 2.75) is 25.3 Å². The summed E-state index contributed by atoms with van der Waals surface area (Å²) in [6.07, 6.45) is 0. The van der Waals surface area contributed by atoms with Crippen LogP contribution in [0.4, 0.5) is 0 Å². The number of benzene rings is 4. The van der Waals surface area contributed by atoms with E-state index in [0.29, 0.717) is 0 Å². The molecule has 0 aliphatic carbocycles. The molecule has 5 aromatic rings. The minimum absolute atomic E-state index is 0.0893. The Morgan fingerprint density at radius 2 is 1.38 bits per heavy atom. The maximum absolute atomic E-state index is 6.77. The van der Waals surface area contributed by atoms with E-state index < -0.39 is 0 Å². The van der Waals surface area contributed by atoms with Crippen LogP contribution in [0.5, 0.6) is 23.0 Å². The lowest BCUT2D eigenvalue weighted by Crippen LogP contribution is -2.51. The molecular weight excluding hydrogens is 418 g/mol. The number of hydrogen-bond donors (Lipinski definition) is 0. The third-order valence-corrected chi connectivity index (χ3v) is 7.75. The van der Waals surface area contributed by atoms with Gasteiger partial charge >= 0.3 is 0 Å². The normalized spacial score (nSPS) is 17.5. The Balaban J connectivity index is 1.50. The summed E-state index contributed by atoms with van der Waals surface area (Å²) in [6, 6.07) is 32.1. The molecule has 0 radical (unpaired) electrons. The molecule has 3 aliphatic heterocycles. The number of nitrogens with zero attached hydrogens (tertiary/aromatic N) is 1. The third kappa shape index (κ3) is 2.10. The molecule has 0 saturated carbocycles. The molecule has 8 rings (SSSR count). The summed E-state index contributed by atoms with van der Waals surface area (Å²) >= 11 is 0. The van der Waals surface area contributed by atoms with Gasteiger partial charge in [0, 0.05) is 48.4 Å². The van der Waals surface area contributed by atoms with E-state index in [2.05, 4.69) is 103 Å². The maximum atomic E-state index is 6.77. The third-order valence-electron chi connectivity index (χ3n) is 7.75. The van der Waals surface area contributed by atoms with E-state index in [4.69, 9.17) is 9.47 Å². The van der Waals surface area contributed by atoms with Crippen LogP contribution in [0, 0.1) is 0 Å². The van der Waals surface area contributed by atoms with E-state index in [0.717, 1.165) is 28.6 Å². The molecule has 1 atom stereocenters. The van der Waals surface area contributed by atoms with Crippen LogP contribution in [0.2, 0.25) is 0 Å². The highest BCUT2D eigenvalue weighted by atomic mass is 16.5. The molecule has 1 aromatic heterocycles. The quantitative estimate of drug-likeness (QED) is 0.231. The smallest absolute Gasteiger partial charge is 0.214 e. The standard InChI is InChI=1S/C31H22NO2/c1-31(2)29-21(23-16-15-18-9-3-6-12-22(18)32(23)31)17-26-28-27(19-10-4-7-13-24(19)33-26)20-11-5-8-14-25(20)34-30(28)29/h3-17,27H,1-2H3/q+1. The minimum atomic E-state index is -0.288. The van der Waals surface area contributed by atoms with E-state index in [1.165, 1.54) is 38.9 Å². The number of ether oxygens (including phenoxy) is 2. The van der Waals surface area contributed by atoms with Gasteiger partial charge in [0.15, 0.2) is 5.54 Å². The van der Waals surface area contributed by atoms with E-state index in [1.54, 1.807) is 0 Å². The zero-order valence-electron chi connectivity index (χ0n) is 19.0. The Hall–Kier alpha value is -4.11.